The SMILES string of the molecule is CC(NC(=O)CCC(=O)Nc1nncs1)c1ccc(S(C)(=O)=O)cc1. The molecule has 10 heteroatoms. The summed E-state index contributed by atoms with van der Waals surface area (Å²) in [6.07, 6.45) is 1.21. The van der Waals surface area contributed by atoms with Crippen molar-refractivity contribution in [2.75, 3.05) is 11.6 Å². The van der Waals surface area contributed by atoms with Crippen LogP contribution >= 0.6 is 11.3 Å². The summed E-state index contributed by atoms with van der Waals surface area (Å²) in [5.41, 5.74) is 2.28. The van der Waals surface area contributed by atoms with Crippen molar-refractivity contribution in [2.24, 2.45) is 0 Å². The van der Waals surface area contributed by atoms with Crippen molar-refractivity contribution < 1.29 is 18.0 Å². The zero-order chi connectivity index (χ0) is 18.4. The van der Waals surface area contributed by atoms with E-state index in [-0.39, 0.29) is 35.6 Å². The van der Waals surface area contributed by atoms with Crippen LogP contribution in [-0.4, -0.2) is 36.7 Å². The topological polar surface area (TPSA) is 118 Å². The third kappa shape index (κ3) is 5.91. The highest BCUT2D eigenvalue weighted by molar-refractivity contribution is 7.90. The summed E-state index contributed by atoms with van der Waals surface area (Å²) in [5.74, 6) is -0.579. The van der Waals surface area contributed by atoms with Gasteiger partial charge in [-0.1, -0.05) is 23.5 Å². The zero-order valence-corrected chi connectivity index (χ0v) is 15.4. The lowest BCUT2D eigenvalue weighted by Gasteiger charge is -2.14. The number of nitrogens with one attached hydrogen (secondary N) is 2. The Morgan fingerprint density at radius 2 is 1.80 bits per heavy atom. The van der Waals surface area contributed by atoms with Gasteiger partial charge in [-0.25, -0.2) is 8.42 Å². The van der Waals surface area contributed by atoms with Crippen LogP contribution < -0.4 is 10.6 Å². The molecule has 1 unspecified atom stereocenters. The minimum absolute atomic E-state index is 0.0329. The largest absolute Gasteiger partial charge is 0.350 e. The van der Waals surface area contributed by atoms with Crippen LogP contribution in [0, 0.1) is 0 Å². The van der Waals surface area contributed by atoms with Crippen LogP contribution in [0.3, 0.4) is 0 Å². The first-order valence-corrected chi connectivity index (χ1v) is 10.2. The van der Waals surface area contributed by atoms with Crippen molar-refractivity contribution in [3.05, 3.63) is 35.3 Å². The van der Waals surface area contributed by atoms with Crippen LogP contribution in [0.25, 0.3) is 0 Å². The Bertz CT molecular complexity index is 833. The van der Waals surface area contributed by atoms with Gasteiger partial charge in [-0.2, -0.15) is 0 Å². The molecule has 0 fully saturated rings. The standard InChI is InChI=1S/C15H18N4O4S2/c1-10(11-3-5-12(6-4-11)25(2,22)23)17-13(20)7-8-14(21)18-15-19-16-9-24-15/h3-6,9-10H,7-8H2,1-2H3,(H,17,20)(H,18,19,21). The van der Waals surface area contributed by atoms with Crippen LogP contribution in [0.2, 0.25) is 0 Å². The predicted molar refractivity (Wildman–Crippen MR) is 93.9 cm³/mol. The zero-order valence-electron chi connectivity index (χ0n) is 13.7. The van der Waals surface area contributed by atoms with Crippen LogP contribution in [-0.2, 0) is 19.4 Å². The number of aromatic nitrogens is 2. The molecule has 0 bridgehead atoms. The molecule has 2 amide bonds. The van der Waals surface area contributed by atoms with E-state index < -0.39 is 9.84 Å². The van der Waals surface area contributed by atoms with E-state index in [2.05, 4.69) is 20.8 Å². The molecule has 1 aromatic heterocycles. The number of hydrogen-bond donors (Lipinski definition) is 2. The Labute approximate surface area is 149 Å². The lowest BCUT2D eigenvalue weighted by atomic mass is 10.1. The molecule has 2 rings (SSSR count). The fraction of sp³-hybridized carbons (Fsp3) is 0.333. The number of rotatable bonds is 7. The fourth-order valence-electron chi connectivity index (χ4n) is 2.04. The molecular weight excluding hydrogens is 364 g/mol. The average molecular weight is 382 g/mol. The lowest BCUT2D eigenvalue weighted by Crippen LogP contribution is -2.27. The number of anilines is 1. The molecule has 0 saturated carbocycles. The second-order valence-corrected chi connectivity index (χ2v) is 8.27. The molecule has 0 radical (unpaired) electrons. The lowest BCUT2D eigenvalue weighted by molar-refractivity contribution is -0.124. The summed E-state index contributed by atoms with van der Waals surface area (Å²) < 4.78 is 22.9. The van der Waals surface area contributed by atoms with E-state index in [0.29, 0.717) is 5.13 Å². The van der Waals surface area contributed by atoms with Gasteiger partial charge in [0, 0.05) is 19.1 Å². The van der Waals surface area contributed by atoms with Gasteiger partial charge in [-0.05, 0) is 24.6 Å². The first kappa shape index (κ1) is 19.0. The normalized spacial score (nSPS) is 12.4. The van der Waals surface area contributed by atoms with Gasteiger partial charge in [0.15, 0.2) is 9.84 Å². The number of amides is 2. The molecule has 1 heterocycles. The van der Waals surface area contributed by atoms with Crippen molar-refractivity contribution in [1.29, 1.82) is 0 Å². The van der Waals surface area contributed by atoms with Crippen LogP contribution in [0.4, 0.5) is 5.13 Å². The molecule has 0 spiro atoms. The smallest absolute Gasteiger partial charge is 0.226 e. The number of carbonyl (C=O) groups is 2. The Hall–Kier alpha value is -2.33. The highest BCUT2D eigenvalue weighted by atomic mass is 32.2. The van der Waals surface area contributed by atoms with E-state index in [1.54, 1.807) is 19.1 Å². The van der Waals surface area contributed by atoms with Gasteiger partial charge in [-0.15, -0.1) is 10.2 Å². The van der Waals surface area contributed by atoms with Gasteiger partial charge in [-0.3, -0.25) is 9.59 Å². The number of carbonyl (C=O) groups excluding carboxylic acids is 2. The van der Waals surface area contributed by atoms with Gasteiger partial charge in [0.25, 0.3) is 0 Å². The molecule has 0 aliphatic carbocycles. The van der Waals surface area contributed by atoms with Crippen molar-refractivity contribution in [2.45, 2.75) is 30.7 Å². The van der Waals surface area contributed by atoms with Crippen LogP contribution in [0.5, 0.6) is 0 Å². The van der Waals surface area contributed by atoms with E-state index in [9.17, 15) is 18.0 Å². The molecule has 134 valence electrons. The molecule has 2 aromatic rings. The molecule has 1 aromatic carbocycles. The average Bonchev–Trinajstić information content (AvgIpc) is 3.05. The van der Waals surface area contributed by atoms with Crippen molar-refractivity contribution in [3.8, 4) is 0 Å². The number of benzene rings is 1. The third-order valence-electron chi connectivity index (χ3n) is 3.37. The Kier molecular flexibility index (Phi) is 6.21. The van der Waals surface area contributed by atoms with Crippen molar-refractivity contribution in [3.63, 3.8) is 0 Å². The molecular formula is C15H18N4O4S2. The number of hydrogen-bond acceptors (Lipinski definition) is 7. The third-order valence-corrected chi connectivity index (χ3v) is 5.11. The molecule has 2 N–H and O–H groups in total. The minimum Gasteiger partial charge on any atom is -0.350 e. The molecule has 0 saturated heterocycles. The first-order valence-electron chi connectivity index (χ1n) is 7.41. The maximum Gasteiger partial charge on any atom is 0.226 e. The summed E-state index contributed by atoms with van der Waals surface area (Å²) in [6.45, 7) is 1.79. The minimum atomic E-state index is -3.25. The molecule has 0 aliphatic heterocycles. The van der Waals surface area contributed by atoms with Crippen molar-refractivity contribution in [1.82, 2.24) is 15.5 Å². The fourth-order valence-corrected chi connectivity index (χ4v) is 3.13. The Balaban J connectivity index is 1.82. The summed E-state index contributed by atoms with van der Waals surface area (Å²) >= 11 is 1.20. The van der Waals surface area contributed by atoms with Gasteiger partial charge < -0.3 is 10.6 Å². The van der Waals surface area contributed by atoms with Gasteiger partial charge in [0.1, 0.15) is 5.51 Å². The molecule has 0 aliphatic rings. The number of sulfone groups is 1. The highest BCUT2D eigenvalue weighted by Gasteiger charge is 2.13. The first-order chi connectivity index (χ1) is 11.8. The second kappa shape index (κ2) is 8.17. The van der Waals surface area contributed by atoms with E-state index in [0.717, 1.165) is 11.8 Å². The van der Waals surface area contributed by atoms with E-state index in [1.165, 1.54) is 29.0 Å². The molecule has 1 atom stereocenters. The Morgan fingerprint density at radius 1 is 1.16 bits per heavy atom. The monoisotopic (exact) mass is 382 g/mol. The van der Waals surface area contributed by atoms with Crippen LogP contribution in [0.15, 0.2) is 34.7 Å². The van der Waals surface area contributed by atoms with E-state index >= 15 is 0 Å². The van der Waals surface area contributed by atoms with Gasteiger partial charge >= 0.3 is 0 Å². The summed E-state index contributed by atoms with van der Waals surface area (Å²) in [7, 11) is -3.25. The van der Waals surface area contributed by atoms with Crippen molar-refractivity contribution >= 4 is 38.1 Å². The summed E-state index contributed by atoms with van der Waals surface area (Å²) in [5, 5.41) is 13.0. The van der Waals surface area contributed by atoms with Crippen LogP contribution in [0.1, 0.15) is 31.4 Å². The van der Waals surface area contributed by atoms with E-state index in [4.69, 9.17) is 0 Å². The predicted octanol–water partition coefficient (Wildman–Crippen LogP) is 1.54. The van der Waals surface area contributed by atoms with E-state index in [1.807, 2.05) is 0 Å². The maximum absolute atomic E-state index is 11.9. The van der Waals surface area contributed by atoms with Gasteiger partial charge in [0.05, 0.1) is 10.9 Å². The Morgan fingerprint density at radius 3 is 2.36 bits per heavy atom. The summed E-state index contributed by atoms with van der Waals surface area (Å²) in [4.78, 5) is 23.9. The number of nitrogens with zero attached hydrogens (tertiary/aromatic N) is 2. The highest BCUT2D eigenvalue weighted by Crippen LogP contribution is 2.16. The molecule has 8 nitrogen and oxygen atoms in total. The molecule has 25 heavy (non-hydrogen) atoms. The quantitative estimate of drug-likeness (QED) is 0.750. The maximum atomic E-state index is 11.9. The summed E-state index contributed by atoms with van der Waals surface area (Å²) in [6, 6.07) is 6.02. The second-order valence-electron chi connectivity index (χ2n) is 5.42. The van der Waals surface area contributed by atoms with Gasteiger partial charge in [0.2, 0.25) is 16.9 Å².